The van der Waals surface area contributed by atoms with Gasteiger partial charge in [0.05, 0.1) is 12.8 Å². The fourth-order valence-corrected chi connectivity index (χ4v) is 5.67. The number of rotatable bonds is 5. The van der Waals surface area contributed by atoms with Crippen LogP contribution in [0.25, 0.3) is 0 Å². The molecule has 1 N–H and O–H groups in total. The van der Waals surface area contributed by atoms with Gasteiger partial charge in [-0.05, 0) is 55.7 Å². The summed E-state index contributed by atoms with van der Waals surface area (Å²) in [5, 5.41) is 2.70. The minimum absolute atomic E-state index is 0.0427. The second kappa shape index (κ2) is 8.32. The van der Waals surface area contributed by atoms with Gasteiger partial charge in [-0.25, -0.2) is 8.42 Å². The largest absolute Gasteiger partial charge is 0.495 e. The Bertz CT molecular complexity index is 1140. The normalized spacial score (nSPS) is 17.4. The highest BCUT2D eigenvalue weighted by Gasteiger charge is 2.34. The van der Waals surface area contributed by atoms with Crippen LogP contribution in [0, 0.1) is 12.8 Å². The first-order chi connectivity index (χ1) is 14.8. The number of benzene rings is 2. The third kappa shape index (κ3) is 4.15. The molecule has 0 spiro atoms. The minimum Gasteiger partial charge on any atom is -0.495 e. The van der Waals surface area contributed by atoms with Gasteiger partial charge in [0.15, 0.2) is 12.4 Å². The lowest BCUT2D eigenvalue weighted by Crippen LogP contribution is -2.40. The molecule has 1 fully saturated rings. The summed E-state index contributed by atoms with van der Waals surface area (Å²) in [6.07, 6.45) is 0.846. The molecule has 1 amide bonds. The average Bonchev–Trinajstić information content (AvgIpc) is 2.78. The van der Waals surface area contributed by atoms with E-state index in [0.717, 1.165) is 5.56 Å². The molecule has 0 unspecified atom stereocenters. The third-order valence-electron chi connectivity index (χ3n) is 5.66. The molecule has 0 aliphatic carbocycles. The van der Waals surface area contributed by atoms with Gasteiger partial charge in [0.2, 0.25) is 10.0 Å². The van der Waals surface area contributed by atoms with Crippen LogP contribution in [0.3, 0.4) is 0 Å². The summed E-state index contributed by atoms with van der Waals surface area (Å²) in [6.45, 7) is 2.29. The summed E-state index contributed by atoms with van der Waals surface area (Å²) in [4.78, 5) is 24.7. The molecule has 8 nitrogen and oxygen atoms in total. The third-order valence-corrected chi connectivity index (χ3v) is 7.58. The summed E-state index contributed by atoms with van der Waals surface area (Å²) in [7, 11) is -2.28. The summed E-state index contributed by atoms with van der Waals surface area (Å²) in [5.41, 5.74) is 1.78. The number of hydrogen-bond acceptors (Lipinski definition) is 6. The van der Waals surface area contributed by atoms with Crippen molar-refractivity contribution in [3.63, 3.8) is 0 Å². The molecule has 4 rings (SSSR count). The maximum absolute atomic E-state index is 13.2. The Kier molecular flexibility index (Phi) is 5.72. The van der Waals surface area contributed by atoms with Gasteiger partial charge in [0, 0.05) is 24.6 Å². The molecular formula is C22H24N2O6S. The topological polar surface area (TPSA) is 102 Å². The number of Topliss-reactive ketones (excluding diaryl/α,β-unsaturated/α-hetero) is 1. The van der Waals surface area contributed by atoms with Gasteiger partial charge < -0.3 is 14.8 Å². The number of aryl methyl sites for hydroxylation is 1. The number of anilines is 1. The Hall–Kier alpha value is -2.91. The molecule has 2 aromatic rings. The first kappa shape index (κ1) is 21.3. The molecule has 0 saturated carbocycles. The maximum atomic E-state index is 13.2. The van der Waals surface area contributed by atoms with Gasteiger partial charge >= 0.3 is 0 Å². The van der Waals surface area contributed by atoms with Crippen molar-refractivity contribution in [2.75, 3.05) is 32.1 Å². The van der Waals surface area contributed by atoms with Crippen molar-refractivity contribution >= 4 is 27.4 Å². The van der Waals surface area contributed by atoms with Crippen LogP contribution >= 0.6 is 0 Å². The van der Waals surface area contributed by atoms with Gasteiger partial charge in [-0.1, -0.05) is 6.07 Å². The molecule has 0 atom stereocenters. The van der Waals surface area contributed by atoms with Crippen LogP contribution < -0.4 is 14.8 Å². The van der Waals surface area contributed by atoms with Crippen molar-refractivity contribution in [1.29, 1.82) is 0 Å². The minimum atomic E-state index is -3.73. The van der Waals surface area contributed by atoms with E-state index in [1.165, 1.54) is 11.4 Å². The van der Waals surface area contributed by atoms with Crippen LogP contribution in [0.1, 0.15) is 28.8 Å². The summed E-state index contributed by atoms with van der Waals surface area (Å²) in [6, 6.07) is 10.0. The molecule has 9 heteroatoms. The van der Waals surface area contributed by atoms with Crippen molar-refractivity contribution in [3.8, 4) is 11.5 Å². The van der Waals surface area contributed by atoms with E-state index < -0.39 is 10.0 Å². The summed E-state index contributed by atoms with van der Waals surface area (Å²) < 4.78 is 38.3. The fraction of sp³-hybridized carbons (Fsp3) is 0.364. The number of fused-ring (bicyclic) bond motifs is 1. The monoisotopic (exact) mass is 444 g/mol. The van der Waals surface area contributed by atoms with Gasteiger partial charge in [-0.3, -0.25) is 9.59 Å². The molecule has 0 aromatic heterocycles. The van der Waals surface area contributed by atoms with E-state index >= 15 is 0 Å². The smallest absolute Gasteiger partial charge is 0.262 e. The van der Waals surface area contributed by atoms with Gasteiger partial charge in [-0.15, -0.1) is 0 Å². The number of ketones is 1. The number of hydrogen-bond donors (Lipinski definition) is 1. The molecule has 2 aromatic carbocycles. The van der Waals surface area contributed by atoms with E-state index in [2.05, 4.69) is 5.32 Å². The number of carbonyl (C=O) groups is 2. The van der Waals surface area contributed by atoms with E-state index in [1.54, 1.807) is 36.4 Å². The standard InChI is InChI=1S/C22H24N2O6S/c1-14-3-5-19(29-2)20(11-14)31(27,28)24-9-7-15(8-10-24)22(26)16-4-6-18-17(12-16)23-21(25)13-30-18/h3-6,11-12,15H,7-10,13H2,1-2H3,(H,23,25). The first-order valence-electron chi connectivity index (χ1n) is 10.1. The summed E-state index contributed by atoms with van der Waals surface area (Å²) >= 11 is 0. The maximum Gasteiger partial charge on any atom is 0.262 e. The average molecular weight is 445 g/mol. The molecule has 31 heavy (non-hydrogen) atoms. The zero-order valence-corrected chi connectivity index (χ0v) is 18.2. The molecule has 0 radical (unpaired) electrons. The predicted molar refractivity (Wildman–Crippen MR) is 114 cm³/mol. The Morgan fingerprint density at radius 2 is 1.90 bits per heavy atom. The van der Waals surface area contributed by atoms with Crippen molar-refractivity contribution in [1.82, 2.24) is 4.31 Å². The molecule has 1 saturated heterocycles. The van der Waals surface area contributed by atoms with E-state index in [-0.39, 0.29) is 42.2 Å². The number of piperidine rings is 1. The SMILES string of the molecule is COc1ccc(C)cc1S(=O)(=O)N1CCC(C(=O)c2ccc3c(c2)NC(=O)CO3)CC1. The number of methoxy groups -OCH3 is 1. The molecule has 0 bridgehead atoms. The van der Waals surface area contributed by atoms with Crippen LogP contribution in [0.4, 0.5) is 5.69 Å². The predicted octanol–water partition coefficient (Wildman–Crippen LogP) is 2.62. The first-order valence-corrected chi connectivity index (χ1v) is 11.5. The zero-order chi connectivity index (χ0) is 22.2. The lowest BCUT2D eigenvalue weighted by molar-refractivity contribution is -0.118. The zero-order valence-electron chi connectivity index (χ0n) is 17.4. The lowest BCUT2D eigenvalue weighted by atomic mass is 9.89. The van der Waals surface area contributed by atoms with Crippen molar-refractivity contribution in [2.24, 2.45) is 5.92 Å². The quantitative estimate of drug-likeness (QED) is 0.712. The molecule has 2 heterocycles. The summed E-state index contributed by atoms with van der Waals surface area (Å²) in [5.74, 6) is 0.227. The van der Waals surface area contributed by atoms with Crippen molar-refractivity contribution in [3.05, 3.63) is 47.5 Å². The van der Waals surface area contributed by atoms with E-state index in [4.69, 9.17) is 9.47 Å². The highest BCUT2D eigenvalue weighted by atomic mass is 32.2. The van der Waals surface area contributed by atoms with E-state index in [0.29, 0.717) is 35.6 Å². The number of nitrogens with one attached hydrogen (secondary N) is 1. The van der Waals surface area contributed by atoms with Crippen LogP contribution in [-0.2, 0) is 14.8 Å². The van der Waals surface area contributed by atoms with Crippen molar-refractivity contribution < 1.29 is 27.5 Å². The number of sulfonamides is 1. The van der Waals surface area contributed by atoms with Crippen LogP contribution in [0.15, 0.2) is 41.3 Å². The van der Waals surface area contributed by atoms with Gasteiger partial charge in [-0.2, -0.15) is 4.31 Å². The second-order valence-electron chi connectivity index (χ2n) is 7.74. The van der Waals surface area contributed by atoms with Gasteiger partial charge in [0.1, 0.15) is 16.4 Å². The number of amides is 1. The second-order valence-corrected chi connectivity index (χ2v) is 9.65. The molecule has 2 aliphatic heterocycles. The van der Waals surface area contributed by atoms with Crippen LogP contribution in [0.5, 0.6) is 11.5 Å². The van der Waals surface area contributed by atoms with Gasteiger partial charge in [0.25, 0.3) is 5.91 Å². The number of nitrogens with zero attached hydrogens (tertiary/aromatic N) is 1. The highest BCUT2D eigenvalue weighted by molar-refractivity contribution is 7.89. The molecule has 2 aliphatic rings. The molecular weight excluding hydrogens is 420 g/mol. The Balaban J connectivity index is 1.48. The lowest BCUT2D eigenvalue weighted by Gasteiger charge is -2.31. The van der Waals surface area contributed by atoms with Crippen molar-refractivity contribution in [2.45, 2.75) is 24.7 Å². The van der Waals surface area contributed by atoms with Crippen LogP contribution in [-0.4, -0.2) is 51.2 Å². The molecule has 164 valence electrons. The van der Waals surface area contributed by atoms with E-state index in [1.807, 2.05) is 6.92 Å². The highest BCUT2D eigenvalue weighted by Crippen LogP contribution is 2.33. The fourth-order valence-electron chi connectivity index (χ4n) is 3.96. The number of ether oxygens (including phenoxy) is 2. The Morgan fingerprint density at radius 1 is 1.16 bits per heavy atom. The van der Waals surface area contributed by atoms with E-state index in [9.17, 15) is 18.0 Å². The Morgan fingerprint density at radius 3 is 2.61 bits per heavy atom. The number of carbonyl (C=O) groups excluding carboxylic acids is 2. The van der Waals surface area contributed by atoms with Crippen LogP contribution in [0.2, 0.25) is 0 Å². The Labute approximate surface area is 181 Å².